The molecular weight excluding hydrogens is 292 g/mol. The third-order valence-electron chi connectivity index (χ3n) is 2.97. The molecule has 8 heteroatoms. The number of nitrogens with one attached hydrogen (secondary N) is 1. The summed E-state index contributed by atoms with van der Waals surface area (Å²) in [6, 6.07) is 6.59. The van der Waals surface area contributed by atoms with E-state index in [1.807, 2.05) is 0 Å². The topological polar surface area (TPSA) is 99.2 Å². The van der Waals surface area contributed by atoms with Crippen LogP contribution < -0.4 is 15.2 Å². The molecular formula is C13H18N4O3S. The van der Waals surface area contributed by atoms with Crippen molar-refractivity contribution in [3.8, 4) is 5.75 Å². The van der Waals surface area contributed by atoms with Gasteiger partial charge in [-0.15, -0.1) is 0 Å². The minimum absolute atomic E-state index is 0.0730. The molecule has 0 unspecified atom stereocenters. The van der Waals surface area contributed by atoms with Gasteiger partial charge in [-0.25, -0.2) is 13.1 Å². The molecule has 114 valence electrons. The van der Waals surface area contributed by atoms with Gasteiger partial charge in [-0.05, 0) is 23.8 Å². The molecule has 0 aliphatic rings. The van der Waals surface area contributed by atoms with Crippen LogP contribution in [0, 0.1) is 0 Å². The van der Waals surface area contributed by atoms with Crippen LogP contribution in [0.2, 0.25) is 0 Å². The number of rotatable bonds is 6. The van der Waals surface area contributed by atoms with E-state index in [9.17, 15) is 8.42 Å². The van der Waals surface area contributed by atoms with Gasteiger partial charge in [0, 0.05) is 19.8 Å². The number of sulfonamides is 1. The van der Waals surface area contributed by atoms with Crippen LogP contribution in [-0.2, 0) is 30.2 Å². The van der Waals surface area contributed by atoms with Crippen molar-refractivity contribution in [1.82, 2.24) is 14.5 Å². The smallest absolute Gasteiger partial charge is 0.244 e. The molecule has 0 radical (unpaired) electrons. The van der Waals surface area contributed by atoms with E-state index < -0.39 is 10.0 Å². The van der Waals surface area contributed by atoms with Crippen molar-refractivity contribution in [2.45, 2.75) is 18.0 Å². The van der Waals surface area contributed by atoms with Crippen molar-refractivity contribution in [3.05, 3.63) is 41.7 Å². The quantitative estimate of drug-likeness (QED) is 0.803. The summed E-state index contributed by atoms with van der Waals surface area (Å²) >= 11 is 0. The number of ether oxygens (including phenoxy) is 1. The minimum Gasteiger partial charge on any atom is -0.495 e. The van der Waals surface area contributed by atoms with E-state index in [1.54, 1.807) is 36.1 Å². The Hall–Kier alpha value is -1.90. The minimum atomic E-state index is -3.70. The van der Waals surface area contributed by atoms with Crippen molar-refractivity contribution < 1.29 is 13.2 Å². The molecule has 0 atom stereocenters. The van der Waals surface area contributed by atoms with Gasteiger partial charge < -0.3 is 10.5 Å². The average molecular weight is 310 g/mol. The highest BCUT2D eigenvalue weighted by atomic mass is 32.2. The van der Waals surface area contributed by atoms with E-state index in [0.717, 1.165) is 0 Å². The standard InChI is InChI=1S/C13H18N4O3S/c1-17-6-5-11(16-17)9-15-21(18,19)13-7-10(8-14)3-4-12(13)20-2/h3-7,15H,8-9,14H2,1-2H3. The number of hydrogen-bond donors (Lipinski definition) is 2. The summed E-state index contributed by atoms with van der Waals surface area (Å²) < 4.78 is 34.0. The van der Waals surface area contributed by atoms with Crippen molar-refractivity contribution in [1.29, 1.82) is 0 Å². The Morgan fingerprint density at radius 2 is 2.14 bits per heavy atom. The first kappa shape index (κ1) is 15.5. The number of hydrogen-bond acceptors (Lipinski definition) is 5. The molecule has 0 aliphatic heterocycles. The fourth-order valence-corrected chi connectivity index (χ4v) is 3.08. The third kappa shape index (κ3) is 3.60. The summed E-state index contributed by atoms with van der Waals surface area (Å²) in [5.41, 5.74) is 6.90. The lowest BCUT2D eigenvalue weighted by molar-refractivity contribution is 0.402. The lowest BCUT2D eigenvalue weighted by atomic mass is 10.2. The number of aromatic nitrogens is 2. The van der Waals surface area contributed by atoms with Crippen molar-refractivity contribution in [2.24, 2.45) is 12.8 Å². The van der Waals surface area contributed by atoms with Gasteiger partial charge in [0.1, 0.15) is 10.6 Å². The maximum absolute atomic E-state index is 12.4. The molecule has 21 heavy (non-hydrogen) atoms. The van der Waals surface area contributed by atoms with Crippen LogP contribution in [0.4, 0.5) is 0 Å². The number of nitrogens with zero attached hydrogens (tertiary/aromatic N) is 2. The number of methoxy groups -OCH3 is 1. The van der Waals surface area contributed by atoms with Crippen LogP contribution in [0.1, 0.15) is 11.3 Å². The highest BCUT2D eigenvalue weighted by molar-refractivity contribution is 7.89. The highest BCUT2D eigenvalue weighted by Gasteiger charge is 2.20. The normalized spacial score (nSPS) is 11.6. The van der Waals surface area contributed by atoms with E-state index in [0.29, 0.717) is 11.3 Å². The lowest BCUT2D eigenvalue weighted by Crippen LogP contribution is -2.24. The Bertz CT molecular complexity index is 725. The molecule has 1 aromatic heterocycles. The van der Waals surface area contributed by atoms with Gasteiger partial charge in [-0.2, -0.15) is 5.10 Å². The predicted molar refractivity (Wildman–Crippen MR) is 78.1 cm³/mol. The first-order chi connectivity index (χ1) is 9.96. The molecule has 0 amide bonds. The van der Waals surface area contributed by atoms with E-state index >= 15 is 0 Å². The summed E-state index contributed by atoms with van der Waals surface area (Å²) in [7, 11) is -0.509. The molecule has 2 rings (SSSR count). The second-order valence-electron chi connectivity index (χ2n) is 4.49. The molecule has 3 N–H and O–H groups in total. The number of nitrogens with two attached hydrogens (primary N) is 1. The third-order valence-corrected chi connectivity index (χ3v) is 4.39. The Balaban J connectivity index is 2.26. The Kier molecular flexibility index (Phi) is 4.61. The second-order valence-corrected chi connectivity index (χ2v) is 6.23. The maximum Gasteiger partial charge on any atom is 0.244 e. The zero-order chi connectivity index (χ0) is 15.5. The van der Waals surface area contributed by atoms with Crippen LogP contribution in [0.15, 0.2) is 35.4 Å². The molecule has 0 aliphatic carbocycles. The second kappa shape index (κ2) is 6.25. The summed E-state index contributed by atoms with van der Waals surface area (Å²) in [5, 5.41) is 4.12. The summed E-state index contributed by atoms with van der Waals surface area (Å²) in [6.07, 6.45) is 1.75. The summed E-state index contributed by atoms with van der Waals surface area (Å²) in [4.78, 5) is 0.0730. The zero-order valence-corrected chi connectivity index (χ0v) is 12.7. The Morgan fingerprint density at radius 1 is 1.38 bits per heavy atom. The van der Waals surface area contributed by atoms with Crippen LogP contribution in [0.5, 0.6) is 5.75 Å². The van der Waals surface area contributed by atoms with Gasteiger partial charge in [0.25, 0.3) is 0 Å². The molecule has 2 aromatic rings. The number of benzene rings is 1. The predicted octanol–water partition coefficient (Wildman–Crippen LogP) is 0.366. The monoisotopic (exact) mass is 310 g/mol. The van der Waals surface area contributed by atoms with Gasteiger partial charge >= 0.3 is 0 Å². The summed E-state index contributed by atoms with van der Waals surface area (Å²) in [5.74, 6) is 0.278. The summed E-state index contributed by atoms with van der Waals surface area (Å²) in [6.45, 7) is 0.367. The van der Waals surface area contributed by atoms with Crippen molar-refractivity contribution in [2.75, 3.05) is 7.11 Å². The van der Waals surface area contributed by atoms with Crippen LogP contribution in [0.25, 0.3) is 0 Å². The maximum atomic E-state index is 12.4. The Morgan fingerprint density at radius 3 is 2.71 bits per heavy atom. The molecule has 1 aromatic carbocycles. The molecule has 7 nitrogen and oxygen atoms in total. The molecule has 0 fully saturated rings. The fraction of sp³-hybridized carbons (Fsp3) is 0.308. The first-order valence-electron chi connectivity index (χ1n) is 6.31. The zero-order valence-electron chi connectivity index (χ0n) is 11.9. The van der Waals surface area contributed by atoms with Crippen molar-refractivity contribution in [3.63, 3.8) is 0 Å². The van der Waals surface area contributed by atoms with E-state index in [-0.39, 0.29) is 23.7 Å². The van der Waals surface area contributed by atoms with E-state index in [2.05, 4.69) is 9.82 Å². The molecule has 0 saturated carbocycles. The van der Waals surface area contributed by atoms with Crippen LogP contribution in [-0.4, -0.2) is 25.3 Å². The first-order valence-corrected chi connectivity index (χ1v) is 7.80. The molecule has 1 heterocycles. The van der Waals surface area contributed by atoms with Gasteiger partial charge in [0.15, 0.2) is 0 Å². The lowest BCUT2D eigenvalue weighted by Gasteiger charge is -2.11. The van der Waals surface area contributed by atoms with Gasteiger partial charge in [-0.1, -0.05) is 6.07 Å². The number of aryl methyl sites for hydroxylation is 1. The SMILES string of the molecule is COc1ccc(CN)cc1S(=O)(=O)NCc1ccn(C)n1. The average Bonchev–Trinajstić information content (AvgIpc) is 2.90. The molecule has 0 spiro atoms. The van der Waals surface area contributed by atoms with Gasteiger partial charge in [0.2, 0.25) is 10.0 Å². The van der Waals surface area contributed by atoms with E-state index in [1.165, 1.54) is 13.2 Å². The van der Waals surface area contributed by atoms with Crippen LogP contribution >= 0.6 is 0 Å². The fourth-order valence-electron chi connectivity index (χ4n) is 1.86. The highest BCUT2D eigenvalue weighted by Crippen LogP contribution is 2.24. The van der Waals surface area contributed by atoms with E-state index in [4.69, 9.17) is 10.5 Å². The molecule has 0 bridgehead atoms. The Labute approximate surface area is 123 Å². The van der Waals surface area contributed by atoms with Gasteiger partial charge in [-0.3, -0.25) is 4.68 Å². The van der Waals surface area contributed by atoms with Crippen LogP contribution in [0.3, 0.4) is 0 Å². The largest absolute Gasteiger partial charge is 0.495 e. The van der Waals surface area contributed by atoms with Crippen molar-refractivity contribution >= 4 is 10.0 Å². The van der Waals surface area contributed by atoms with Gasteiger partial charge in [0.05, 0.1) is 19.3 Å². The molecule has 0 saturated heterocycles.